The number of hydrogen-bond donors (Lipinski definition) is 0. The third-order valence-corrected chi connectivity index (χ3v) is 4.88. The van der Waals surface area contributed by atoms with Crippen molar-refractivity contribution < 1.29 is 4.79 Å². The van der Waals surface area contributed by atoms with Crippen molar-refractivity contribution in [2.75, 3.05) is 0 Å². The van der Waals surface area contributed by atoms with Crippen LogP contribution in [0.1, 0.15) is 19.8 Å². The molecule has 0 amide bonds. The first-order valence-electron chi connectivity index (χ1n) is 5.03. The normalized spacial score (nSPS) is 26.0. The molecule has 2 atom stereocenters. The van der Waals surface area contributed by atoms with Gasteiger partial charge < -0.3 is 0 Å². The number of halogens is 1. The highest BCUT2D eigenvalue weighted by molar-refractivity contribution is 9.09. The van der Waals surface area contributed by atoms with Gasteiger partial charge in [0.2, 0.25) is 0 Å². The highest BCUT2D eigenvalue weighted by atomic mass is 79.9. The Morgan fingerprint density at radius 3 is 3.13 bits per heavy atom. The van der Waals surface area contributed by atoms with E-state index in [2.05, 4.69) is 27.8 Å². The lowest BCUT2D eigenvalue weighted by atomic mass is 10.1. The van der Waals surface area contributed by atoms with Crippen molar-refractivity contribution in [3.63, 3.8) is 0 Å². The van der Waals surface area contributed by atoms with Crippen molar-refractivity contribution in [2.24, 2.45) is 4.99 Å². The van der Waals surface area contributed by atoms with Gasteiger partial charge in [-0.15, -0.1) is 0 Å². The van der Waals surface area contributed by atoms with Crippen LogP contribution in [0.2, 0.25) is 0 Å². The van der Waals surface area contributed by atoms with Crippen LogP contribution in [-0.4, -0.2) is 21.7 Å². The van der Waals surface area contributed by atoms with Crippen molar-refractivity contribution in [1.29, 1.82) is 0 Å². The zero-order valence-corrected chi connectivity index (χ0v) is 10.8. The number of rotatable bonds is 3. The molecule has 2 nitrogen and oxygen atoms in total. The summed E-state index contributed by atoms with van der Waals surface area (Å²) in [5.41, 5.74) is 0.963. The second-order valence-corrected chi connectivity index (χ2v) is 5.91. The summed E-state index contributed by atoms with van der Waals surface area (Å²) in [7, 11) is 0. The van der Waals surface area contributed by atoms with Crippen molar-refractivity contribution in [3.05, 3.63) is 23.1 Å². The minimum atomic E-state index is 0.0683. The summed E-state index contributed by atoms with van der Waals surface area (Å²) in [6, 6.07) is 0. The number of thioether (sulfide) groups is 1. The fourth-order valence-corrected chi connectivity index (χ4v) is 3.60. The van der Waals surface area contributed by atoms with E-state index >= 15 is 0 Å². The Kier molecular flexibility index (Phi) is 3.46. The average molecular weight is 286 g/mol. The summed E-state index contributed by atoms with van der Waals surface area (Å²) >= 11 is 5.33. The fourth-order valence-electron chi connectivity index (χ4n) is 1.56. The predicted octanol–water partition coefficient (Wildman–Crippen LogP) is 3.09. The third kappa shape index (κ3) is 2.42. The number of aliphatic imine (C=N–C) groups is 1. The van der Waals surface area contributed by atoms with Crippen molar-refractivity contribution in [2.45, 2.75) is 30.0 Å². The number of ketones is 1. The van der Waals surface area contributed by atoms with Crippen LogP contribution in [0, 0.1) is 0 Å². The van der Waals surface area contributed by atoms with E-state index < -0.39 is 0 Å². The van der Waals surface area contributed by atoms with Gasteiger partial charge in [-0.25, -0.2) is 0 Å². The van der Waals surface area contributed by atoms with Gasteiger partial charge in [-0.1, -0.05) is 41.0 Å². The van der Waals surface area contributed by atoms with Crippen LogP contribution in [-0.2, 0) is 4.79 Å². The number of hydrogen-bond acceptors (Lipinski definition) is 3. The fraction of sp³-hybridized carbons (Fsp3) is 0.455. The van der Waals surface area contributed by atoms with E-state index in [-0.39, 0.29) is 11.2 Å². The van der Waals surface area contributed by atoms with Crippen LogP contribution in [0.15, 0.2) is 28.1 Å². The first-order valence-corrected chi connectivity index (χ1v) is 6.83. The number of allylic oxidation sites excluding steroid dienone is 4. The van der Waals surface area contributed by atoms with Crippen molar-refractivity contribution in [1.82, 2.24) is 0 Å². The van der Waals surface area contributed by atoms with E-state index in [0.29, 0.717) is 4.83 Å². The van der Waals surface area contributed by atoms with Gasteiger partial charge >= 0.3 is 0 Å². The quantitative estimate of drug-likeness (QED) is 0.589. The predicted molar refractivity (Wildman–Crippen MR) is 68.7 cm³/mol. The molecule has 2 rings (SSSR count). The molecule has 0 fully saturated rings. The monoisotopic (exact) mass is 285 g/mol. The summed E-state index contributed by atoms with van der Waals surface area (Å²) in [4.78, 5) is 17.2. The van der Waals surface area contributed by atoms with Gasteiger partial charge in [-0.05, 0) is 18.6 Å². The van der Waals surface area contributed by atoms with Gasteiger partial charge in [0.1, 0.15) is 5.37 Å². The summed E-state index contributed by atoms with van der Waals surface area (Å²) < 4.78 is 0. The lowest BCUT2D eigenvalue weighted by Crippen LogP contribution is -2.11. The summed E-state index contributed by atoms with van der Waals surface area (Å²) in [5, 5.41) is 0.224. The molecule has 4 heteroatoms. The molecule has 0 N–H and O–H groups in total. The van der Waals surface area contributed by atoms with E-state index in [1.54, 1.807) is 23.9 Å². The van der Waals surface area contributed by atoms with Crippen molar-refractivity contribution in [3.8, 4) is 0 Å². The third-order valence-electron chi connectivity index (χ3n) is 2.32. The molecule has 2 aliphatic rings. The Morgan fingerprint density at radius 1 is 1.60 bits per heavy atom. The molecule has 0 aromatic rings. The van der Waals surface area contributed by atoms with Gasteiger partial charge in [0.15, 0.2) is 5.78 Å². The topological polar surface area (TPSA) is 29.4 Å². The van der Waals surface area contributed by atoms with E-state index in [9.17, 15) is 4.79 Å². The first-order chi connectivity index (χ1) is 7.20. The molecule has 1 aliphatic carbocycles. The molecule has 2 unspecified atom stereocenters. The standard InChI is InChI=1S/C11H12BrNOS/c1-2-3-8(12)11-13-9-5-4-7(14)6-10(9)15-11/h4-6,8,11H,2-3H2,1H3. The minimum Gasteiger partial charge on any atom is -0.290 e. The molecule has 1 aliphatic heterocycles. The molecule has 0 bridgehead atoms. The molecule has 0 aromatic carbocycles. The Labute approximate surface area is 102 Å². The van der Waals surface area contributed by atoms with Gasteiger partial charge in [0.05, 0.1) is 5.71 Å². The number of alkyl halides is 1. The largest absolute Gasteiger partial charge is 0.290 e. The summed E-state index contributed by atoms with van der Waals surface area (Å²) in [5.74, 6) is 0.0683. The molecule has 0 radical (unpaired) electrons. The Hall–Kier alpha value is -0.350. The van der Waals surface area contributed by atoms with E-state index in [1.165, 1.54) is 0 Å². The Bertz CT molecular complexity index is 373. The second-order valence-electron chi connectivity index (χ2n) is 3.57. The first kappa shape index (κ1) is 11.1. The van der Waals surface area contributed by atoms with E-state index in [1.807, 2.05) is 6.08 Å². The van der Waals surface area contributed by atoms with Crippen LogP contribution >= 0.6 is 27.7 Å². The van der Waals surface area contributed by atoms with Gasteiger partial charge in [-0.2, -0.15) is 0 Å². The lowest BCUT2D eigenvalue weighted by Gasteiger charge is -2.12. The Balaban J connectivity index is 2.11. The van der Waals surface area contributed by atoms with E-state index in [0.717, 1.165) is 23.5 Å². The second kappa shape index (κ2) is 4.66. The maximum absolute atomic E-state index is 11.2. The number of carbonyl (C=O) groups excluding carboxylic acids is 1. The molecule has 0 spiro atoms. The molecule has 1 heterocycles. The van der Waals surface area contributed by atoms with Gasteiger partial charge in [0, 0.05) is 15.8 Å². The highest BCUT2D eigenvalue weighted by Crippen LogP contribution is 2.38. The molecular formula is C11H12BrNOS. The maximum atomic E-state index is 11.2. The Morgan fingerprint density at radius 2 is 2.40 bits per heavy atom. The molecule has 15 heavy (non-hydrogen) atoms. The smallest absolute Gasteiger partial charge is 0.179 e. The SMILES string of the molecule is CCCC(Br)C1N=C2C=CC(=O)C=C2S1. The lowest BCUT2D eigenvalue weighted by molar-refractivity contribution is -0.110. The number of fused-ring (bicyclic) bond motifs is 1. The molecule has 80 valence electrons. The zero-order valence-electron chi connectivity index (χ0n) is 8.44. The van der Waals surface area contributed by atoms with Crippen LogP contribution < -0.4 is 0 Å². The molecule has 0 aromatic heterocycles. The van der Waals surface area contributed by atoms with E-state index in [4.69, 9.17) is 0 Å². The molecular weight excluding hydrogens is 274 g/mol. The minimum absolute atomic E-state index is 0.0683. The summed E-state index contributed by atoms with van der Waals surface area (Å²) in [6.45, 7) is 2.16. The zero-order chi connectivity index (χ0) is 10.8. The molecule has 0 saturated carbocycles. The highest BCUT2D eigenvalue weighted by Gasteiger charge is 2.28. The van der Waals surface area contributed by atoms with Crippen molar-refractivity contribution >= 4 is 39.2 Å². The van der Waals surface area contributed by atoms with Gasteiger partial charge in [-0.3, -0.25) is 9.79 Å². The molecule has 0 saturated heterocycles. The summed E-state index contributed by atoms with van der Waals surface area (Å²) in [6.07, 6.45) is 7.32. The average Bonchev–Trinajstić information content (AvgIpc) is 2.60. The number of carbonyl (C=O) groups is 1. The van der Waals surface area contributed by atoms with Crippen LogP contribution in [0.3, 0.4) is 0 Å². The maximum Gasteiger partial charge on any atom is 0.179 e. The number of nitrogens with zero attached hydrogens (tertiary/aromatic N) is 1. The van der Waals surface area contributed by atoms with Crippen LogP contribution in [0.4, 0.5) is 0 Å². The van der Waals surface area contributed by atoms with Crippen LogP contribution in [0.5, 0.6) is 0 Å². The van der Waals surface area contributed by atoms with Gasteiger partial charge in [0.25, 0.3) is 0 Å². The van der Waals surface area contributed by atoms with Crippen LogP contribution in [0.25, 0.3) is 0 Å².